The zero-order chi connectivity index (χ0) is 16.5. The molecule has 0 aliphatic carbocycles. The van der Waals surface area contributed by atoms with E-state index in [0.717, 1.165) is 57.8 Å². The maximum atomic E-state index is 10.7. The summed E-state index contributed by atoms with van der Waals surface area (Å²) in [5, 5.41) is 17.9. The third-order valence-electron chi connectivity index (χ3n) is 3.82. The lowest BCUT2D eigenvalue weighted by molar-refractivity contribution is -0.234. The third-order valence-corrected chi connectivity index (χ3v) is 3.82. The van der Waals surface area contributed by atoms with Gasteiger partial charge in [-0.2, -0.15) is 5.26 Å². The lowest BCUT2D eigenvalue weighted by Crippen LogP contribution is -2.04. The van der Waals surface area contributed by atoms with E-state index in [-0.39, 0.29) is 6.10 Å². The highest BCUT2D eigenvalue weighted by molar-refractivity contribution is 5.68. The monoisotopic (exact) mass is 314 g/mol. The molecule has 0 rings (SSSR count). The van der Waals surface area contributed by atoms with Crippen molar-refractivity contribution in [2.45, 2.75) is 96.5 Å². The summed E-state index contributed by atoms with van der Waals surface area (Å²) in [4.78, 5) is 14.3. The first kappa shape index (κ1) is 21.1. The average molecular weight is 314 g/mol. The number of carbonyl (C=O) groups excluding carboxylic acids is 1. The maximum absolute atomic E-state index is 10.7. The fourth-order valence-corrected chi connectivity index (χ4v) is 2.40. The van der Waals surface area contributed by atoms with Crippen molar-refractivity contribution in [2.75, 3.05) is 0 Å². The topological polar surface area (TPSA) is 66.8 Å². The molecule has 130 valence electrons. The molecule has 0 radical (unpaired) electrons. The quantitative estimate of drug-likeness (QED) is 0.193. The predicted octanol–water partition coefficient (Wildman–Crippen LogP) is 5.01. The summed E-state index contributed by atoms with van der Waals surface area (Å²) in [6, 6.07) is 0. The zero-order valence-corrected chi connectivity index (χ0v) is 14.1. The molecule has 0 spiro atoms. The van der Waals surface area contributed by atoms with E-state index in [9.17, 15) is 9.90 Å². The van der Waals surface area contributed by atoms with Gasteiger partial charge in [-0.3, -0.25) is 0 Å². The van der Waals surface area contributed by atoms with Gasteiger partial charge in [-0.15, -0.1) is 0 Å². The molecule has 0 aromatic rings. The van der Waals surface area contributed by atoms with Gasteiger partial charge in [0, 0.05) is 6.42 Å². The number of allylic oxidation sites excluding steroid dienone is 1. The molecular formula is C18H34O4. The SMILES string of the molecule is CCCCCCC(O)C/C=C/CCCCCCCC(=O)OO. The highest BCUT2D eigenvalue weighted by Gasteiger charge is 2.01. The lowest BCUT2D eigenvalue weighted by Gasteiger charge is -2.07. The number of hydrogen-bond donors (Lipinski definition) is 2. The minimum atomic E-state index is -0.545. The van der Waals surface area contributed by atoms with Crippen molar-refractivity contribution in [3.05, 3.63) is 12.2 Å². The Morgan fingerprint density at radius 3 is 2.41 bits per heavy atom. The van der Waals surface area contributed by atoms with Gasteiger partial charge in [0.25, 0.3) is 0 Å². The standard InChI is InChI=1S/C18H34O4/c1-2-3-4-11-14-17(19)15-12-9-7-5-6-8-10-13-16-18(20)22-21/h9,12,17,19,21H,2-8,10-11,13-16H2,1H3/b12-9+. The molecule has 0 aliphatic rings. The molecule has 0 saturated heterocycles. The van der Waals surface area contributed by atoms with Crippen LogP contribution >= 0.6 is 0 Å². The van der Waals surface area contributed by atoms with Crippen LogP contribution in [0.3, 0.4) is 0 Å². The second kappa shape index (κ2) is 16.5. The lowest BCUT2D eigenvalue weighted by atomic mass is 10.1. The van der Waals surface area contributed by atoms with Crippen LogP contribution in [0.1, 0.15) is 90.4 Å². The van der Waals surface area contributed by atoms with E-state index < -0.39 is 5.97 Å². The van der Waals surface area contributed by atoms with Crippen LogP contribution in [-0.4, -0.2) is 22.4 Å². The molecule has 22 heavy (non-hydrogen) atoms. The summed E-state index contributed by atoms with van der Waals surface area (Å²) >= 11 is 0. The van der Waals surface area contributed by atoms with E-state index in [4.69, 9.17) is 5.26 Å². The number of hydrogen-bond acceptors (Lipinski definition) is 4. The third kappa shape index (κ3) is 15.5. The van der Waals surface area contributed by atoms with Crippen molar-refractivity contribution in [3.63, 3.8) is 0 Å². The fourth-order valence-electron chi connectivity index (χ4n) is 2.40. The minimum absolute atomic E-state index is 0.181. The van der Waals surface area contributed by atoms with E-state index in [1.54, 1.807) is 0 Å². The summed E-state index contributed by atoms with van der Waals surface area (Å²) in [5.41, 5.74) is 0. The second-order valence-corrected chi connectivity index (χ2v) is 5.98. The molecule has 0 saturated carbocycles. The van der Waals surface area contributed by atoms with E-state index >= 15 is 0 Å². The molecule has 2 N–H and O–H groups in total. The Bertz CT molecular complexity index is 276. The van der Waals surface area contributed by atoms with Crippen LogP contribution in [0.25, 0.3) is 0 Å². The molecule has 1 atom stereocenters. The number of aliphatic hydroxyl groups is 1. The molecule has 4 nitrogen and oxygen atoms in total. The van der Waals surface area contributed by atoms with Crippen LogP contribution in [-0.2, 0) is 9.68 Å². The highest BCUT2D eigenvalue weighted by Crippen LogP contribution is 2.10. The summed E-state index contributed by atoms with van der Waals surface area (Å²) in [7, 11) is 0. The van der Waals surface area contributed by atoms with Crippen LogP contribution in [0, 0.1) is 0 Å². The Morgan fingerprint density at radius 1 is 1.00 bits per heavy atom. The summed E-state index contributed by atoms with van der Waals surface area (Å²) < 4.78 is 0. The Kier molecular flexibility index (Phi) is 15.8. The van der Waals surface area contributed by atoms with Crippen molar-refractivity contribution in [2.24, 2.45) is 0 Å². The van der Waals surface area contributed by atoms with Gasteiger partial charge in [0.15, 0.2) is 0 Å². The van der Waals surface area contributed by atoms with Crippen LogP contribution in [0.5, 0.6) is 0 Å². The molecule has 0 aromatic carbocycles. The first-order valence-corrected chi connectivity index (χ1v) is 8.88. The zero-order valence-electron chi connectivity index (χ0n) is 14.1. The number of unbranched alkanes of at least 4 members (excludes halogenated alkanes) is 8. The number of rotatable bonds is 15. The molecule has 0 fully saturated rings. The summed E-state index contributed by atoms with van der Waals surface area (Å²) in [5.74, 6) is -0.545. The number of aliphatic hydroxyl groups excluding tert-OH is 1. The van der Waals surface area contributed by atoms with Gasteiger partial charge in [-0.25, -0.2) is 4.79 Å². The van der Waals surface area contributed by atoms with Crippen molar-refractivity contribution in [3.8, 4) is 0 Å². The van der Waals surface area contributed by atoms with Crippen LogP contribution in [0.2, 0.25) is 0 Å². The molecule has 0 bridgehead atoms. The van der Waals surface area contributed by atoms with Crippen LogP contribution in [0.15, 0.2) is 12.2 Å². The summed E-state index contributed by atoms with van der Waals surface area (Å²) in [6.45, 7) is 2.20. The molecular weight excluding hydrogens is 280 g/mol. The average Bonchev–Trinajstić information content (AvgIpc) is 2.53. The first-order valence-electron chi connectivity index (χ1n) is 8.88. The van der Waals surface area contributed by atoms with Gasteiger partial charge in [-0.05, 0) is 32.1 Å². The number of carbonyl (C=O) groups is 1. The Morgan fingerprint density at radius 2 is 1.68 bits per heavy atom. The van der Waals surface area contributed by atoms with Crippen LogP contribution < -0.4 is 0 Å². The predicted molar refractivity (Wildman–Crippen MR) is 89.6 cm³/mol. The Balaban J connectivity index is 3.28. The van der Waals surface area contributed by atoms with E-state index in [1.165, 1.54) is 19.3 Å². The molecule has 0 amide bonds. The largest absolute Gasteiger partial charge is 0.393 e. The minimum Gasteiger partial charge on any atom is -0.393 e. The normalized spacial score (nSPS) is 12.7. The highest BCUT2D eigenvalue weighted by atomic mass is 17.1. The molecule has 4 heteroatoms. The molecule has 0 heterocycles. The van der Waals surface area contributed by atoms with Crippen molar-refractivity contribution in [1.29, 1.82) is 0 Å². The second-order valence-electron chi connectivity index (χ2n) is 5.98. The summed E-state index contributed by atoms with van der Waals surface area (Å²) in [6.07, 6.45) is 17.2. The van der Waals surface area contributed by atoms with Gasteiger partial charge in [0.2, 0.25) is 0 Å². The van der Waals surface area contributed by atoms with Gasteiger partial charge in [-0.1, -0.05) is 64.0 Å². The van der Waals surface area contributed by atoms with E-state index in [1.807, 2.05) is 0 Å². The molecule has 0 aliphatic heterocycles. The van der Waals surface area contributed by atoms with E-state index in [0.29, 0.717) is 6.42 Å². The van der Waals surface area contributed by atoms with Gasteiger partial charge in [0.05, 0.1) is 6.10 Å². The van der Waals surface area contributed by atoms with Gasteiger partial charge in [0.1, 0.15) is 0 Å². The van der Waals surface area contributed by atoms with Gasteiger partial charge >= 0.3 is 5.97 Å². The Labute approximate surface area is 135 Å². The van der Waals surface area contributed by atoms with Crippen molar-refractivity contribution in [1.82, 2.24) is 0 Å². The van der Waals surface area contributed by atoms with Crippen LogP contribution in [0.4, 0.5) is 0 Å². The van der Waals surface area contributed by atoms with E-state index in [2.05, 4.69) is 24.0 Å². The van der Waals surface area contributed by atoms with Crippen molar-refractivity contribution < 1.29 is 20.0 Å². The smallest absolute Gasteiger partial charge is 0.342 e. The van der Waals surface area contributed by atoms with Crippen molar-refractivity contribution >= 4 is 5.97 Å². The maximum Gasteiger partial charge on any atom is 0.342 e. The fraction of sp³-hybridized carbons (Fsp3) is 0.833. The molecule has 0 aromatic heterocycles. The van der Waals surface area contributed by atoms with Gasteiger partial charge < -0.3 is 9.99 Å². The Hall–Kier alpha value is -0.870. The molecule has 1 unspecified atom stereocenters. The first-order chi connectivity index (χ1) is 10.7.